The lowest BCUT2D eigenvalue weighted by atomic mass is 10.1. The van der Waals surface area contributed by atoms with Crippen molar-refractivity contribution in [2.45, 2.75) is 38.6 Å². The first-order chi connectivity index (χ1) is 9.08. The minimum atomic E-state index is 0.0685. The zero-order valence-corrected chi connectivity index (χ0v) is 11.9. The summed E-state index contributed by atoms with van der Waals surface area (Å²) in [5.41, 5.74) is 8.18. The number of nitrogen functional groups attached to an aromatic ring is 1. The van der Waals surface area contributed by atoms with Crippen LogP contribution in [0.5, 0.6) is 0 Å². The molecule has 0 aromatic carbocycles. The quantitative estimate of drug-likeness (QED) is 0.936. The number of pyridine rings is 1. The van der Waals surface area contributed by atoms with E-state index in [-0.39, 0.29) is 5.56 Å². The van der Waals surface area contributed by atoms with Gasteiger partial charge in [0.2, 0.25) is 0 Å². The Balaban J connectivity index is 2.18. The van der Waals surface area contributed by atoms with Crippen LogP contribution in [0.15, 0.2) is 22.3 Å². The van der Waals surface area contributed by atoms with Crippen LogP contribution >= 0.6 is 11.3 Å². The molecule has 5 heteroatoms. The minimum absolute atomic E-state index is 0.0685. The Morgan fingerprint density at radius 2 is 2.16 bits per heavy atom. The van der Waals surface area contributed by atoms with Crippen LogP contribution in [-0.4, -0.2) is 9.55 Å². The average molecular weight is 275 g/mol. The largest absolute Gasteiger partial charge is 0.375 e. The molecule has 0 radical (unpaired) electrons. The van der Waals surface area contributed by atoms with E-state index in [1.807, 2.05) is 16.0 Å². The van der Waals surface area contributed by atoms with Gasteiger partial charge in [0.05, 0.1) is 11.3 Å². The van der Waals surface area contributed by atoms with Crippen LogP contribution in [0.3, 0.4) is 0 Å². The predicted molar refractivity (Wildman–Crippen MR) is 78.6 cm³/mol. The molecule has 2 N–H and O–H groups in total. The van der Waals surface area contributed by atoms with Gasteiger partial charge in [-0.05, 0) is 30.9 Å². The monoisotopic (exact) mass is 275 g/mol. The van der Waals surface area contributed by atoms with E-state index in [1.54, 1.807) is 0 Å². The van der Waals surface area contributed by atoms with Crippen LogP contribution in [0, 0.1) is 0 Å². The van der Waals surface area contributed by atoms with Crippen molar-refractivity contribution in [3.05, 3.63) is 33.6 Å². The van der Waals surface area contributed by atoms with Crippen molar-refractivity contribution in [2.75, 3.05) is 5.73 Å². The highest BCUT2D eigenvalue weighted by atomic mass is 32.1. The van der Waals surface area contributed by atoms with Crippen LogP contribution in [0.1, 0.15) is 44.3 Å². The second-order valence-electron chi connectivity index (χ2n) is 5.30. The minimum Gasteiger partial charge on any atom is -0.375 e. The van der Waals surface area contributed by atoms with Crippen molar-refractivity contribution in [1.29, 1.82) is 0 Å². The van der Waals surface area contributed by atoms with Gasteiger partial charge in [0, 0.05) is 17.1 Å². The standard InChI is InChI=1S/C14H17N3OS/c1-8(2)12-6-5-10(11-7-19-14(15)16-11)13(18)17(12)9-3-4-9/h5-9H,3-4H2,1-2H3,(H2,15,16). The van der Waals surface area contributed by atoms with E-state index in [0.29, 0.717) is 28.3 Å². The van der Waals surface area contributed by atoms with Crippen LogP contribution in [-0.2, 0) is 0 Å². The van der Waals surface area contributed by atoms with Gasteiger partial charge in [-0.25, -0.2) is 4.98 Å². The molecule has 0 atom stereocenters. The summed E-state index contributed by atoms with van der Waals surface area (Å²) in [6, 6.07) is 4.31. The van der Waals surface area contributed by atoms with E-state index in [2.05, 4.69) is 24.9 Å². The Labute approximate surface area is 115 Å². The highest BCUT2D eigenvalue weighted by molar-refractivity contribution is 7.13. The molecule has 0 amide bonds. The Hall–Kier alpha value is -1.62. The molecule has 0 saturated heterocycles. The van der Waals surface area contributed by atoms with Gasteiger partial charge in [-0.2, -0.15) is 0 Å². The SMILES string of the molecule is CC(C)c1ccc(-c2csc(N)n2)c(=O)n1C1CC1. The summed E-state index contributed by atoms with van der Waals surface area (Å²) in [6.45, 7) is 4.24. The zero-order chi connectivity index (χ0) is 13.6. The summed E-state index contributed by atoms with van der Waals surface area (Å²) in [5.74, 6) is 0.350. The predicted octanol–water partition coefficient (Wildman–Crippen LogP) is 3.01. The molecule has 0 bridgehead atoms. The summed E-state index contributed by atoms with van der Waals surface area (Å²) in [4.78, 5) is 16.9. The van der Waals surface area contributed by atoms with Crippen molar-refractivity contribution in [2.24, 2.45) is 0 Å². The van der Waals surface area contributed by atoms with E-state index in [4.69, 9.17) is 5.73 Å². The van der Waals surface area contributed by atoms with Crippen molar-refractivity contribution in [3.63, 3.8) is 0 Å². The summed E-state index contributed by atoms with van der Waals surface area (Å²) >= 11 is 1.37. The fourth-order valence-corrected chi connectivity index (χ4v) is 2.92. The normalized spacial score (nSPS) is 15.1. The third-order valence-electron chi connectivity index (χ3n) is 3.45. The molecule has 1 aliphatic carbocycles. The van der Waals surface area contributed by atoms with Crippen LogP contribution < -0.4 is 11.3 Å². The molecule has 3 rings (SSSR count). The molecule has 2 heterocycles. The number of hydrogen-bond donors (Lipinski definition) is 1. The van der Waals surface area contributed by atoms with Crippen LogP contribution in [0.4, 0.5) is 5.13 Å². The number of hydrogen-bond acceptors (Lipinski definition) is 4. The topological polar surface area (TPSA) is 60.9 Å². The molecule has 1 fully saturated rings. The lowest BCUT2D eigenvalue weighted by Crippen LogP contribution is -2.24. The Bertz CT molecular complexity index is 668. The third-order valence-corrected chi connectivity index (χ3v) is 4.12. The zero-order valence-electron chi connectivity index (χ0n) is 11.1. The highest BCUT2D eigenvalue weighted by Gasteiger charge is 2.28. The number of aromatic nitrogens is 2. The first-order valence-corrected chi connectivity index (χ1v) is 7.42. The molecule has 2 aromatic heterocycles. The van der Waals surface area contributed by atoms with Gasteiger partial charge in [0.15, 0.2) is 5.13 Å². The molecular weight excluding hydrogens is 258 g/mol. The maximum absolute atomic E-state index is 12.7. The fourth-order valence-electron chi connectivity index (χ4n) is 2.35. The molecule has 1 saturated carbocycles. The van der Waals surface area contributed by atoms with E-state index in [1.165, 1.54) is 11.3 Å². The maximum atomic E-state index is 12.7. The maximum Gasteiger partial charge on any atom is 0.260 e. The molecule has 0 unspecified atom stereocenters. The Kier molecular flexibility index (Phi) is 2.93. The van der Waals surface area contributed by atoms with Crippen molar-refractivity contribution in [3.8, 4) is 11.3 Å². The van der Waals surface area contributed by atoms with Crippen molar-refractivity contribution >= 4 is 16.5 Å². The number of thiazole rings is 1. The lowest BCUT2D eigenvalue weighted by Gasteiger charge is -2.16. The Morgan fingerprint density at radius 1 is 1.42 bits per heavy atom. The Morgan fingerprint density at radius 3 is 2.68 bits per heavy atom. The van der Waals surface area contributed by atoms with E-state index in [0.717, 1.165) is 18.5 Å². The second kappa shape index (κ2) is 4.49. The lowest BCUT2D eigenvalue weighted by molar-refractivity contribution is 0.627. The number of nitrogens with two attached hydrogens (primary N) is 1. The summed E-state index contributed by atoms with van der Waals surface area (Å²) < 4.78 is 1.95. The van der Waals surface area contributed by atoms with E-state index < -0.39 is 0 Å². The van der Waals surface area contributed by atoms with E-state index in [9.17, 15) is 4.79 Å². The molecule has 1 aliphatic rings. The molecule has 100 valence electrons. The van der Waals surface area contributed by atoms with Gasteiger partial charge in [-0.3, -0.25) is 4.79 Å². The first-order valence-electron chi connectivity index (χ1n) is 6.54. The van der Waals surface area contributed by atoms with Gasteiger partial charge in [-0.15, -0.1) is 11.3 Å². The second-order valence-corrected chi connectivity index (χ2v) is 6.19. The smallest absolute Gasteiger partial charge is 0.260 e. The number of anilines is 1. The third kappa shape index (κ3) is 2.18. The number of rotatable bonds is 3. The average Bonchev–Trinajstić information content (AvgIpc) is 3.11. The van der Waals surface area contributed by atoms with Gasteiger partial charge < -0.3 is 10.3 Å². The van der Waals surface area contributed by atoms with Crippen LogP contribution in [0.2, 0.25) is 0 Å². The molecule has 2 aromatic rings. The summed E-state index contributed by atoms with van der Waals surface area (Å²) in [7, 11) is 0. The van der Waals surface area contributed by atoms with Gasteiger partial charge in [0.25, 0.3) is 5.56 Å². The first kappa shape index (κ1) is 12.4. The van der Waals surface area contributed by atoms with Crippen molar-refractivity contribution < 1.29 is 0 Å². The molecule has 19 heavy (non-hydrogen) atoms. The molecule has 0 aliphatic heterocycles. The summed E-state index contributed by atoms with van der Waals surface area (Å²) in [6.07, 6.45) is 2.20. The molecule has 4 nitrogen and oxygen atoms in total. The molecule has 0 spiro atoms. The van der Waals surface area contributed by atoms with Crippen LogP contribution in [0.25, 0.3) is 11.3 Å². The highest BCUT2D eigenvalue weighted by Crippen LogP contribution is 2.36. The van der Waals surface area contributed by atoms with E-state index >= 15 is 0 Å². The fraction of sp³-hybridized carbons (Fsp3) is 0.429. The van der Waals surface area contributed by atoms with Gasteiger partial charge in [-0.1, -0.05) is 13.8 Å². The van der Waals surface area contributed by atoms with Gasteiger partial charge in [0.1, 0.15) is 0 Å². The van der Waals surface area contributed by atoms with Gasteiger partial charge >= 0.3 is 0 Å². The molecular formula is C14H17N3OS. The summed E-state index contributed by atoms with van der Waals surface area (Å²) in [5, 5.41) is 2.35. The number of nitrogens with zero attached hydrogens (tertiary/aromatic N) is 2. The van der Waals surface area contributed by atoms with Crippen molar-refractivity contribution in [1.82, 2.24) is 9.55 Å².